The minimum atomic E-state index is -0.597. The zero-order valence-electron chi connectivity index (χ0n) is 12.8. The molecule has 0 unspecified atom stereocenters. The number of carbonyl (C=O) groups is 3. The number of aryl methyl sites for hydroxylation is 2. The number of nitrogens with one attached hydrogen (secondary N) is 2. The summed E-state index contributed by atoms with van der Waals surface area (Å²) in [6.45, 7) is 0.650. The minimum absolute atomic E-state index is 0.0277. The molecule has 0 bridgehead atoms. The molecule has 22 heavy (non-hydrogen) atoms. The number of carbonyl (C=O) groups excluding carboxylic acids is 3. The van der Waals surface area contributed by atoms with Crippen molar-refractivity contribution in [2.45, 2.75) is 31.7 Å². The monoisotopic (exact) mass is 307 g/mol. The molecule has 0 saturated carbocycles. The highest BCUT2D eigenvalue weighted by Gasteiger charge is 2.29. The Labute approximate surface area is 128 Å². The van der Waals surface area contributed by atoms with Crippen molar-refractivity contribution in [1.29, 1.82) is 0 Å². The second-order valence-electron chi connectivity index (χ2n) is 5.50. The standard InChI is InChI=1S/C14H21N5O3/c1-18(7-3-4-10-8-15-19(2)9-10)12(20)6-5-11-13(21)17-14(22)16-11/h8-9,11H,3-7H2,1-2H3,(H2,16,17,21,22)/t11-/m1/s1. The van der Waals surface area contributed by atoms with E-state index in [1.54, 1.807) is 16.6 Å². The Balaban J connectivity index is 1.66. The van der Waals surface area contributed by atoms with Crippen molar-refractivity contribution in [1.82, 2.24) is 25.3 Å². The number of urea groups is 1. The van der Waals surface area contributed by atoms with Gasteiger partial charge < -0.3 is 10.2 Å². The Morgan fingerprint density at radius 3 is 2.82 bits per heavy atom. The summed E-state index contributed by atoms with van der Waals surface area (Å²) in [7, 11) is 3.62. The van der Waals surface area contributed by atoms with Crippen molar-refractivity contribution < 1.29 is 14.4 Å². The second kappa shape index (κ2) is 7.06. The van der Waals surface area contributed by atoms with E-state index in [-0.39, 0.29) is 18.2 Å². The van der Waals surface area contributed by atoms with Crippen LogP contribution in [0, 0.1) is 0 Å². The molecule has 1 aromatic rings. The number of rotatable bonds is 7. The molecule has 1 aromatic heterocycles. The second-order valence-corrected chi connectivity index (χ2v) is 5.50. The van der Waals surface area contributed by atoms with Crippen LogP contribution in [-0.4, -0.2) is 52.2 Å². The van der Waals surface area contributed by atoms with E-state index in [2.05, 4.69) is 15.7 Å². The average molecular weight is 307 g/mol. The molecule has 1 aliphatic heterocycles. The maximum absolute atomic E-state index is 12.0. The van der Waals surface area contributed by atoms with Crippen molar-refractivity contribution in [3.8, 4) is 0 Å². The molecule has 4 amide bonds. The van der Waals surface area contributed by atoms with Crippen LogP contribution in [0.5, 0.6) is 0 Å². The van der Waals surface area contributed by atoms with Crippen LogP contribution in [0.25, 0.3) is 0 Å². The van der Waals surface area contributed by atoms with E-state index in [0.717, 1.165) is 18.4 Å². The third kappa shape index (κ3) is 4.31. The molecule has 1 atom stereocenters. The van der Waals surface area contributed by atoms with Crippen LogP contribution >= 0.6 is 0 Å². The Morgan fingerprint density at radius 2 is 2.23 bits per heavy atom. The quantitative estimate of drug-likeness (QED) is 0.682. The minimum Gasteiger partial charge on any atom is -0.346 e. The van der Waals surface area contributed by atoms with Gasteiger partial charge in [0.15, 0.2) is 0 Å². The number of hydrogen-bond donors (Lipinski definition) is 2. The van der Waals surface area contributed by atoms with Gasteiger partial charge in [-0.15, -0.1) is 0 Å². The van der Waals surface area contributed by atoms with Gasteiger partial charge in [-0.1, -0.05) is 0 Å². The van der Waals surface area contributed by atoms with E-state index in [1.807, 2.05) is 19.4 Å². The number of imide groups is 1. The Kier molecular flexibility index (Phi) is 5.13. The van der Waals surface area contributed by atoms with E-state index >= 15 is 0 Å². The van der Waals surface area contributed by atoms with Crippen LogP contribution in [0.15, 0.2) is 12.4 Å². The van der Waals surface area contributed by atoms with Gasteiger partial charge in [-0.2, -0.15) is 5.10 Å². The summed E-state index contributed by atoms with van der Waals surface area (Å²) in [6.07, 6.45) is 6.07. The molecule has 1 fully saturated rings. The number of nitrogens with zero attached hydrogens (tertiary/aromatic N) is 3. The summed E-state index contributed by atoms with van der Waals surface area (Å²) in [5.41, 5.74) is 1.15. The zero-order chi connectivity index (χ0) is 16.1. The maximum atomic E-state index is 12.0. The molecular formula is C14H21N5O3. The molecule has 1 aliphatic rings. The molecule has 2 rings (SSSR count). The molecular weight excluding hydrogens is 286 g/mol. The Bertz CT molecular complexity index is 569. The highest BCUT2D eigenvalue weighted by atomic mass is 16.2. The summed E-state index contributed by atoms with van der Waals surface area (Å²) < 4.78 is 1.76. The third-order valence-corrected chi connectivity index (χ3v) is 3.65. The summed E-state index contributed by atoms with van der Waals surface area (Å²) in [5.74, 6) is -0.392. The molecule has 120 valence electrons. The molecule has 1 saturated heterocycles. The Morgan fingerprint density at radius 1 is 1.45 bits per heavy atom. The fourth-order valence-electron chi connectivity index (χ4n) is 2.37. The predicted octanol–water partition coefficient (Wildman–Crippen LogP) is -0.201. The van der Waals surface area contributed by atoms with Crippen molar-refractivity contribution in [2.24, 2.45) is 7.05 Å². The summed E-state index contributed by atoms with van der Waals surface area (Å²) in [6, 6.07) is -1.09. The molecule has 0 radical (unpaired) electrons. The van der Waals surface area contributed by atoms with E-state index in [9.17, 15) is 14.4 Å². The average Bonchev–Trinajstić information content (AvgIpc) is 3.01. The van der Waals surface area contributed by atoms with Crippen LogP contribution in [0.2, 0.25) is 0 Å². The summed E-state index contributed by atoms with van der Waals surface area (Å²) >= 11 is 0. The first-order chi connectivity index (χ1) is 10.5. The summed E-state index contributed by atoms with van der Waals surface area (Å²) in [5, 5.41) is 8.74. The SMILES string of the molecule is CN(CCCc1cnn(C)c1)C(=O)CC[C@H]1NC(=O)NC1=O. The smallest absolute Gasteiger partial charge is 0.322 e. The maximum Gasteiger partial charge on any atom is 0.322 e. The molecule has 0 aromatic carbocycles. The largest absolute Gasteiger partial charge is 0.346 e. The van der Waals surface area contributed by atoms with Gasteiger partial charge in [0.2, 0.25) is 5.91 Å². The van der Waals surface area contributed by atoms with Crippen molar-refractivity contribution in [3.63, 3.8) is 0 Å². The highest BCUT2D eigenvalue weighted by Crippen LogP contribution is 2.06. The van der Waals surface area contributed by atoms with Crippen molar-refractivity contribution >= 4 is 17.8 Å². The van der Waals surface area contributed by atoms with Crippen molar-refractivity contribution in [3.05, 3.63) is 18.0 Å². The lowest BCUT2D eigenvalue weighted by Crippen LogP contribution is -2.33. The van der Waals surface area contributed by atoms with E-state index < -0.39 is 12.1 Å². The van der Waals surface area contributed by atoms with Crippen LogP contribution in [-0.2, 0) is 23.1 Å². The van der Waals surface area contributed by atoms with Crippen LogP contribution in [0.1, 0.15) is 24.8 Å². The number of hydrogen-bond acceptors (Lipinski definition) is 4. The lowest BCUT2D eigenvalue weighted by molar-refractivity contribution is -0.130. The molecule has 2 heterocycles. The third-order valence-electron chi connectivity index (χ3n) is 3.65. The van der Waals surface area contributed by atoms with Gasteiger partial charge in [0.1, 0.15) is 6.04 Å². The van der Waals surface area contributed by atoms with Crippen LogP contribution < -0.4 is 10.6 Å². The van der Waals surface area contributed by atoms with Crippen molar-refractivity contribution in [2.75, 3.05) is 13.6 Å². The van der Waals surface area contributed by atoms with Crippen LogP contribution in [0.3, 0.4) is 0 Å². The van der Waals surface area contributed by atoms with Gasteiger partial charge in [0, 0.05) is 33.3 Å². The first-order valence-electron chi connectivity index (χ1n) is 7.28. The fraction of sp³-hybridized carbons (Fsp3) is 0.571. The van der Waals surface area contributed by atoms with Crippen LogP contribution in [0.4, 0.5) is 4.79 Å². The van der Waals surface area contributed by atoms with E-state index in [0.29, 0.717) is 13.0 Å². The number of aromatic nitrogens is 2. The molecule has 0 aliphatic carbocycles. The molecule has 8 nitrogen and oxygen atoms in total. The fourth-order valence-corrected chi connectivity index (χ4v) is 2.37. The first-order valence-corrected chi connectivity index (χ1v) is 7.28. The van der Waals surface area contributed by atoms with Gasteiger partial charge in [-0.25, -0.2) is 4.79 Å². The van der Waals surface area contributed by atoms with Gasteiger partial charge in [0.05, 0.1) is 6.20 Å². The molecule has 2 N–H and O–H groups in total. The highest BCUT2D eigenvalue weighted by molar-refractivity contribution is 6.04. The topological polar surface area (TPSA) is 96.3 Å². The van der Waals surface area contributed by atoms with E-state index in [4.69, 9.17) is 0 Å². The predicted molar refractivity (Wildman–Crippen MR) is 78.9 cm³/mol. The lowest BCUT2D eigenvalue weighted by Gasteiger charge is -2.17. The van der Waals surface area contributed by atoms with Gasteiger partial charge in [0.25, 0.3) is 5.91 Å². The Hall–Kier alpha value is -2.38. The number of amides is 4. The zero-order valence-corrected chi connectivity index (χ0v) is 12.8. The van der Waals surface area contributed by atoms with Gasteiger partial charge >= 0.3 is 6.03 Å². The first kappa shape index (κ1) is 16.0. The summed E-state index contributed by atoms with van der Waals surface area (Å²) in [4.78, 5) is 36.0. The molecule has 0 spiro atoms. The molecule has 8 heteroatoms. The lowest BCUT2D eigenvalue weighted by atomic mass is 10.1. The van der Waals surface area contributed by atoms with E-state index in [1.165, 1.54) is 0 Å². The normalized spacial score (nSPS) is 17.3. The van der Waals surface area contributed by atoms with Gasteiger partial charge in [-0.05, 0) is 24.8 Å². The van der Waals surface area contributed by atoms with Gasteiger partial charge in [-0.3, -0.25) is 19.6 Å².